The van der Waals surface area contributed by atoms with E-state index in [9.17, 15) is 23.7 Å². The van der Waals surface area contributed by atoms with E-state index in [0.717, 1.165) is 6.07 Å². The average molecular weight is 462 g/mol. The Morgan fingerprint density at radius 3 is 2.62 bits per heavy atom. The van der Waals surface area contributed by atoms with Gasteiger partial charge in [-0.15, -0.1) is 0 Å². The van der Waals surface area contributed by atoms with Crippen LogP contribution in [0.2, 0.25) is 0 Å². The van der Waals surface area contributed by atoms with E-state index in [-0.39, 0.29) is 35.6 Å². The van der Waals surface area contributed by atoms with Gasteiger partial charge in [0.1, 0.15) is 17.3 Å². The largest absolute Gasteiger partial charge is 0.469 e. The third kappa shape index (κ3) is 3.75. The van der Waals surface area contributed by atoms with E-state index in [4.69, 9.17) is 4.42 Å². The molecule has 2 aliphatic rings. The number of rotatable bonds is 6. The first-order valence-electron chi connectivity index (χ1n) is 10.2. The number of nitrogens with zero attached hydrogens (tertiary/aromatic N) is 3. The van der Waals surface area contributed by atoms with E-state index in [1.807, 2.05) is 0 Å². The Hall–Kier alpha value is -4.60. The maximum absolute atomic E-state index is 15.0. The van der Waals surface area contributed by atoms with Crippen molar-refractivity contribution in [3.05, 3.63) is 122 Å². The Balaban J connectivity index is 1.71. The Labute approximate surface area is 190 Å². The van der Waals surface area contributed by atoms with Crippen molar-refractivity contribution in [3.8, 4) is 17.1 Å². The molecular weight excluding hydrogens is 446 g/mol. The standard InChI is InChI=1S/C24H16F2N4O4/c25-17-8-2-1-5-14(17)11-18-23-28-19(12-15-6-4-10-34-15)24(31)29(23)13-20(27-18)16-7-3-9-21(22(16)26)30(32)33/h1-10,13,27H,11-12H2. The van der Waals surface area contributed by atoms with Crippen LogP contribution in [0.1, 0.15) is 22.7 Å². The Kier molecular flexibility index (Phi) is 5.25. The number of fused-ring (bicyclic) bond motifs is 1. The van der Waals surface area contributed by atoms with E-state index in [0.29, 0.717) is 17.0 Å². The molecule has 0 unspecified atom stereocenters. The number of hydrogen-bond acceptors (Lipinski definition) is 5. The number of hydrogen-bond donors (Lipinski definition) is 1. The highest BCUT2D eigenvalue weighted by Gasteiger charge is 2.24. The minimum Gasteiger partial charge on any atom is -0.469 e. The predicted molar refractivity (Wildman–Crippen MR) is 118 cm³/mol. The van der Waals surface area contributed by atoms with Crippen molar-refractivity contribution >= 4 is 5.69 Å². The summed E-state index contributed by atoms with van der Waals surface area (Å²) in [5, 5.41) is 11.2. The lowest BCUT2D eigenvalue weighted by Crippen LogP contribution is -2.18. The molecule has 0 radical (unpaired) electrons. The lowest BCUT2D eigenvalue weighted by molar-refractivity contribution is -0.387. The zero-order valence-electron chi connectivity index (χ0n) is 17.5. The van der Waals surface area contributed by atoms with E-state index in [1.54, 1.807) is 30.3 Å². The number of aromatic nitrogens is 3. The summed E-state index contributed by atoms with van der Waals surface area (Å²) in [6.07, 6.45) is 2.98. The molecule has 0 amide bonds. The fraction of sp³-hybridized carbons (Fsp3) is 0.0833. The van der Waals surface area contributed by atoms with Crippen molar-refractivity contribution in [1.29, 1.82) is 0 Å². The van der Waals surface area contributed by atoms with Crippen LogP contribution >= 0.6 is 0 Å². The summed E-state index contributed by atoms with van der Waals surface area (Å²) in [6, 6.07) is 13.3. The lowest BCUT2D eigenvalue weighted by atomic mass is 10.1. The second-order valence-corrected chi connectivity index (χ2v) is 7.62. The van der Waals surface area contributed by atoms with Gasteiger partial charge in [0.15, 0.2) is 5.82 Å². The monoisotopic (exact) mass is 462 g/mol. The van der Waals surface area contributed by atoms with Crippen molar-refractivity contribution in [1.82, 2.24) is 14.5 Å². The number of H-pyrrole nitrogens is 1. The third-order valence-electron chi connectivity index (χ3n) is 5.46. The van der Waals surface area contributed by atoms with Crippen LogP contribution in [0.3, 0.4) is 0 Å². The molecule has 0 fully saturated rings. The Bertz CT molecular complexity index is 1540. The van der Waals surface area contributed by atoms with Crippen molar-refractivity contribution < 1.29 is 18.1 Å². The number of benzene rings is 2. The molecule has 0 saturated carbocycles. The first-order chi connectivity index (χ1) is 16.4. The van der Waals surface area contributed by atoms with Gasteiger partial charge >= 0.3 is 5.69 Å². The van der Waals surface area contributed by atoms with Crippen LogP contribution in [-0.2, 0) is 12.8 Å². The van der Waals surface area contributed by atoms with Crippen LogP contribution in [0.15, 0.2) is 76.3 Å². The van der Waals surface area contributed by atoms with Crippen LogP contribution in [0, 0.1) is 21.7 Å². The minimum atomic E-state index is -1.05. The molecule has 0 spiro atoms. The molecule has 0 aliphatic carbocycles. The number of furan rings is 1. The van der Waals surface area contributed by atoms with Crippen molar-refractivity contribution in [2.75, 3.05) is 0 Å². The van der Waals surface area contributed by atoms with Crippen LogP contribution in [0.25, 0.3) is 17.1 Å². The molecule has 0 atom stereocenters. The Morgan fingerprint density at radius 2 is 1.88 bits per heavy atom. The molecule has 1 N–H and O–H groups in total. The summed E-state index contributed by atoms with van der Waals surface area (Å²) in [4.78, 5) is 31.0. The van der Waals surface area contributed by atoms with Gasteiger partial charge in [0, 0.05) is 24.2 Å². The third-order valence-corrected chi connectivity index (χ3v) is 5.46. The smallest absolute Gasteiger partial charge is 0.305 e. The molecular formula is C24H16F2N4O4. The highest BCUT2D eigenvalue weighted by Crippen LogP contribution is 2.30. The average Bonchev–Trinajstić information content (AvgIpc) is 3.44. The molecule has 5 rings (SSSR count). The lowest BCUT2D eigenvalue weighted by Gasteiger charge is -2.14. The first-order valence-corrected chi connectivity index (χ1v) is 10.2. The van der Waals surface area contributed by atoms with Crippen LogP contribution in [0.4, 0.5) is 14.5 Å². The summed E-state index contributed by atoms with van der Waals surface area (Å²) in [7, 11) is 0. The number of halogens is 2. The summed E-state index contributed by atoms with van der Waals surface area (Å²) < 4.78 is 35.9. The van der Waals surface area contributed by atoms with Crippen LogP contribution in [0.5, 0.6) is 0 Å². The second kappa shape index (κ2) is 8.39. The number of nitro groups is 1. The second-order valence-electron chi connectivity index (χ2n) is 7.62. The normalized spacial score (nSPS) is 11.2. The molecule has 2 aromatic carbocycles. The quantitative estimate of drug-likeness (QED) is 0.293. The first kappa shape index (κ1) is 21.3. The zero-order chi connectivity index (χ0) is 23.8. The van der Waals surface area contributed by atoms with E-state index in [2.05, 4.69) is 9.97 Å². The topological polar surface area (TPSA) is 107 Å². The van der Waals surface area contributed by atoms with Crippen molar-refractivity contribution in [2.45, 2.75) is 12.8 Å². The summed E-state index contributed by atoms with van der Waals surface area (Å²) in [5.41, 5.74) is -0.285. The number of nitrogens with one attached hydrogen (secondary N) is 1. The molecule has 10 heteroatoms. The van der Waals surface area contributed by atoms with Gasteiger partial charge in [0.05, 0.1) is 29.0 Å². The van der Waals surface area contributed by atoms with Gasteiger partial charge in [-0.3, -0.25) is 19.5 Å². The fourth-order valence-electron chi connectivity index (χ4n) is 3.83. The highest BCUT2D eigenvalue weighted by molar-refractivity contribution is 5.64. The molecule has 3 aromatic rings. The van der Waals surface area contributed by atoms with E-state index < -0.39 is 27.8 Å². The fourth-order valence-corrected chi connectivity index (χ4v) is 3.83. The molecule has 8 nitrogen and oxygen atoms in total. The summed E-state index contributed by atoms with van der Waals surface area (Å²) in [6.45, 7) is 0. The van der Waals surface area contributed by atoms with E-state index in [1.165, 1.54) is 35.2 Å². The van der Waals surface area contributed by atoms with Gasteiger partial charge in [-0.2, -0.15) is 4.39 Å². The number of aromatic amines is 1. The van der Waals surface area contributed by atoms with Gasteiger partial charge in [0.2, 0.25) is 5.82 Å². The molecule has 0 bridgehead atoms. The highest BCUT2D eigenvalue weighted by atomic mass is 19.1. The minimum absolute atomic E-state index is 0.0250. The predicted octanol–water partition coefficient (Wildman–Crippen LogP) is 4.63. The van der Waals surface area contributed by atoms with Gasteiger partial charge in [-0.25, -0.2) is 9.37 Å². The van der Waals surface area contributed by atoms with Gasteiger partial charge in [-0.1, -0.05) is 24.3 Å². The molecule has 34 heavy (non-hydrogen) atoms. The van der Waals surface area contributed by atoms with Crippen LogP contribution in [-0.4, -0.2) is 19.5 Å². The molecule has 1 aromatic heterocycles. The Morgan fingerprint density at radius 1 is 1.06 bits per heavy atom. The van der Waals surface area contributed by atoms with Crippen molar-refractivity contribution in [2.24, 2.45) is 0 Å². The van der Waals surface area contributed by atoms with Gasteiger partial charge in [-0.05, 0) is 29.8 Å². The maximum Gasteiger partial charge on any atom is 0.305 e. The number of imidazole rings is 1. The SMILES string of the molecule is O=c1c(Cc2ccco2)nc2c(Cc3ccccc3F)[nH]c(-c3cccc([N+](=O)[O-])c3F)cn1-2. The van der Waals surface area contributed by atoms with Gasteiger partial charge < -0.3 is 9.40 Å². The van der Waals surface area contributed by atoms with Crippen molar-refractivity contribution in [3.63, 3.8) is 0 Å². The maximum atomic E-state index is 15.0. The summed E-state index contributed by atoms with van der Waals surface area (Å²) >= 11 is 0. The van der Waals surface area contributed by atoms with Gasteiger partial charge in [0.25, 0.3) is 5.56 Å². The molecule has 170 valence electrons. The zero-order valence-corrected chi connectivity index (χ0v) is 17.5. The van der Waals surface area contributed by atoms with Crippen LogP contribution < -0.4 is 5.56 Å². The summed E-state index contributed by atoms with van der Waals surface area (Å²) in [5.74, 6) is -0.733. The van der Waals surface area contributed by atoms with E-state index >= 15 is 0 Å². The number of nitro benzene ring substituents is 1. The molecule has 2 aliphatic heterocycles. The molecule has 3 heterocycles. The molecule has 0 saturated heterocycles.